The van der Waals surface area contributed by atoms with E-state index in [1.165, 1.54) is 0 Å². The molecule has 0 heterocycles. The van der Waals surface area contributed by atoms with E-state index in [9.17, 15) is 4.79 Å². The van der Waals surface area contributed by atoms with Crippen molar-refractivity contribution >= 4 is 45.0 Å². The number of carbonyl (C=O) groups excluding carboxylic acids is 1. The van der Waals surface area contributed by atoms with Crippen LogP contribution in [-0.4, -0.2) is 25.9 Å². The first-order valence-corrected chi connectivity index (χ1v) is 9.03. The quantitative estimate of drug-likeness (QED) is 0.575. The molecular formula is C18H20BrClN2O3. The Hall–Kier alpha value is -1.92. The van der Waals surface area contributed by atoms with Crippen molar-refractivity contribution in [2.45, 2.75) is 13.8 Å². The molecule has 0 atom stereocenters. The van der Waals surface area contributed by atoms with Gasteiger partial charge >= 0.3 is 6.09 Å². The highest BCUT2D eigenvalue weighted by atomic mass is 79.9. The second kappa shape index (κ2) is 9.53. The normalized spacial score (nSPS) is 10.2. The number of halogens is 2. The number of hydrogen-bond acceptors (Lipinski definition) is 4. The summed E-state index contributed by atoms with van der Waals surface area (Å²) in [6.45, 7) is 5.12. The van der Waals surface area contributed by atoms with Gasteiger partial charge in [0.15, 0.2) is 0 Å². The van der Waals surface area contributed by atoms with Crippen LogP contribution in [0.3, 0.4) is 0 Å². The minimum atomic E-state index is -0.460. The van der Waals surface area contributed by atoms with Gasteiger partial charge in [0.1, 0.15) is 12.4 Å². The molecule has 7 heteroatoms. The van der Waals surface area contributed by atoms with Crippen LogP contribution in [0.25, 0.3) is 0 Å². The maximum Gasteiger partial charge on any atom is 0.411 e. The zero-order valence-electron chi connectivity index (χ0n) is 14.1. The minimum absolute atomic E-state index is 0.334. The zero-order valence-corrected chi connectivity index (χ0v) is 16.4. The molecule has 5 nitrogen and oxygen atoms in total. The predicted molar refractivity (Wildman–Crippen MR) is 105 cm³/mol. The van der Waals surface area contributed by atoms with Gasteiger partial charge in [-0.1, -0.05) is 17.7 Å². The third kappa shape index (κ3) is 5.83. The standard InChI is InChI=1S/C18H20BrClN2O3/c1-3-24-18(23)22-16-6-4-5-15(12(16)2)21-9-10-25-17-8-7-13(20)11-14(17)19/h4-8,11,21H,3,9-10H2,1-2H3,(H,22,23). The molecule has 0 aliphatic carbocycles. The lowest BCUT2D eigenvalue weighted by molar-refractivity contribution is 0.168. The lowest BCUT2D eigenvalue weighted by Gasteiger charge is -2.14. The molecule has 0 bridgehead atoms. The first-order valence-electron chi connectivity index (χ1n) is 7.86. The molecule has 2 N–H and O–H groups in total. The third-order valence-electron chi connectivity index (χ3n) is 3.41. The highest BCUT2D eigenvalue weighted by Gasteiger charge is 2.08. The summed E-state index contributed by atoms with van der Waals surface area (Å²) in [6.07, 6.45) is -0.460. The molecule has 2 aromatic carbocycles. The number of benzene rings is 2. The van der Waals surface area contributed by atoms with Crippen molar-refractivity contribution in [1.82, 2.24) is 0 Å². The summed E-state index contributed by atoms with van der Waals surface area (Å²) in [7, 11) is 0. The largest absolute Gasteiger partial charge is 0.491 e. The smallest absolute Gasteiger partial charge is 0.411 e. The molecule has 134 valence electrons. The summed E-state index contributed by atoms with van der Waals surface area (Å²) in [5.41, 5.74) is 2.57. The molecule has 25 heavy (non-hydrogen) atoms. The van der Waals surface area contributed by atoms with Crippen LogP contribution in [0.5, 0.6) is 5.75 Å². The number of rotatable bonds is 7. The van der Waals surface area contributed by atoms with Gasteiger partial charge in [0.2, 0.25) is 0 Å². The van der Waals surface area contributed by atoms with Crippen LogP contribution in [0.4, 0.5) is 16.2 Å². The minimum Gasteiger partial charge on any atom is -0.491 e. The number of amides is 1. The van der Waals surface area contributed by atoms with Gasteiger partial charge < -0.3 is 14.8 Å². The average Bonchev–Trinajstić information content (AvgIpc) is 2.56. The maximum atomic E-state index is 11.6. The van der Waals surface area contributed by atoms with Gasteiger partial charge in [-0.05, 0) is 65.7 Å². The number of ether oxygens (including phenoxy) is 2. The Bertz CT molecular complexity index is 740. The maximum absolute atomic E-state index is 11.6. The van der Waals surface area contributed by atoms with E-state index >= 15 is 0 Å². The van der Waals surface area contributed by atoms with Crippen molar-refractivity contribution in [3.05, 3.63) is 51.5 Å². The Labute approximate surface area is 160 Å². The van der Waals surface area contributed by atoms with Crippen LogP contribution >= 0.6 is 27.5 Å². The van der Waals surface area contributed by atoms with E-state index in [0.717, 1.165) is 21.5 Å². The highest BCUT2D eigenvalue weighted by molar-refractivity contribution is 9.10. The van der Waals surface area contributed by atoms with Crippen molar-refractivity contribution in [2.24, 2.45) is 0 Å². The number of hydrogen-bond donors (Lipinski definition) is 2. The van der Waals surface area contributed by atoms with Gasteiger partial charge in [-0.3, -0.25) is 5.32 Å². The molecule has 0 unspecified atom stereocenters. The molecule has 0 saturated heterocycles. The first-order chi connectivity index (χ1) is 12.0. The molecule has 0 fully saturated rings. The van der Waals surface area contributed by atoms with E-state index in [-0.39, 0.29) is 0 Å². The Morgan fingerprint density at radius 3 is 2.72 bits per heavy atom. The highest BCUT2D eigenvalue weighted by Crippen LogP contribution is 2.28. The summed E-state index contributed by atoms with van der Waals surface area (Å²) < 4.78 is 11.4. The van der Waals surface area contributed by atoms with Crippen molar-refractivity contribution in [1.29, 1.82) is 0 Å². The van der Waals surface area contributed by atoms with Gasteiger partial charge in [-0.2, -0.15) is 0 Å². The van der Waals surface area contributed by atoms with Crippen LogP contribution < -0.4 is 15.4 Å². The van der Waals surface area contributed by atoms with Crippen molar-refractivity contribution in [3.63, 3.8) is 0 Å². The van der Waals surface area contributed by atoms with Crippen molar-refractivity contribution in [3.8, 4) is 5.75 Å². The summed E-state index contributed by atoms with van der Waals surface area (Å²) in [4.78, 5) is 11.6. The summed E-state index contributed by atoms with van der Waals surface area (Å²) >= 11 is 9.33. The van der Waals surface area contributed by atoms with Crippen LogP contribution in [0.15, 0.2) is 40.9 Å². The Balaban J connectivity index is 1.89. The van der Waals surface area contributed by atoms with Gasteiger partial charge in [0.25, 0.3) is 0 Å². The van der Waals surface area contributed by atoms with E-state index in [0.29, 0.717) is 30.5 Å². The molecule has 0 aromatic heterocycles. The van der Waals surface area contributed by atoms with E-state index in [1.807, 2.05) is 31.2 Å². The van der Waals surface area contributed by atoms with Crippen molar-refractivity contribution in [2.75, 3.05) is 30.4 Å². The Kier molecular flexibility index (Phi) is 7.40. The lowest BCUT2D eigenvalue weighted by atomic mass is 10.1. The predicted octanol–water partition coefficient (Wildman–Crippen LogP) is 5.47. The number of nitrogens with one attached hydrogen (secondary N) is 2. The second-order valence-electron chi connectivity index (χ2n) is 5.17. The third-order valence-corrected chi connectivity index (χ3v) is 4.27. The molecule has 2 aromatic rings. The molecule has 0 aliphatic rings. The average molecular weight is 428 g/mol. The first kappa shape index (κ1) is 19.4. The number of carbonyl (C=O) groups is 1. The summed E-state index contributed by atoms with van der Waals surface area (Å²) in [5, 5.41) is 6.68. The monoisotopic (exact) mass is 426 g/mol. The molecule has 1 amide bonds. The summed E-state index contributed by atoms with van der Waals surface area (Å²) in [6, 6.07) is 11.0. The number of anilines is 2. The Morgan fingerprint density at radius 2 is 2.00 bits per heavy atom. The molecule has 0 spiro atoms. The SMILES string of the molecule is CCOC(=O)Nc1cccc(NCCOc2ccc(Cl)cc2Br)c1C. The fourth-order valence-corrected chi connectivity index (χ4v) is 2.98. The lowest BCUT2D eigenvalue weighted by Crippen LogP contribution is -2.16. The van der Waals surface area contributed by atoms with Crippen LogP contribution in [0, 0.1) is 6.92 Å². The van der Waals surface area contributed by atoms with Crippen molar-refractivity contribution < 1.29 is 14.3 Å². The second-order valence-corrected chi connectivity index (χ2v) is 6.46. The topological polar surface area (TPSA) is 59.6 Å². The molecule has 0 radical (unpaired) electrons. The van der Waals surface area contributed by atoms with Crippen LogP contribution in [0.2, 0.25) is 5.02 Å². The fourth-order valence-electron chi connectivity index (χ4n) is 2.18. The zero-order chi connectivity index (χ0) is 18.2. The summed E-state index contributed by atoms with van der Waals surface area (Å²) in [5.74, 6) is 0.737. The van der Waals surface area contributed by atoms with Gasteiger partial charge in [-0.25, -0.2) is 4.79 Å². The van der Waals surface area contributed by atoms with Gasteiger partial charge in [0, 0.05) is 22.9 Å². The molecule has 0 aliphatic heterocycles. The molecule has 2 rings (SSSR count). The van der Waals surface area contributed by atoms with E-state index in [1.54, 1.807) is 19.1 Å². The van der Waals surface area contributed by atoms with E-state index in [4.69, 9.17) is 21.1 Å². The molecule has 0 saturated carbocycles. The fraction of sp³-hybridized carbons (Fsp3) is 0.278. The van der Waals surface area contributed by atoms with Gasteiger partial charge in [0.05, 0.1) is 11.1 Å². The molecular weight excluding hydrogens is 408 g/mol. The van der Waals surface area contributed by atoms with E-state index < -0.39 is 6.09 Å². The van der Waals surface area contributed by atoms with Crippen LogP contribution in [-0.2, 0) is 4.74 Å². The Morgan fingerprint density at radius 1 is 1.24 bits per heavy atom. The van der Waals surface area contributed by atoms with E-state index in [2.05, 4.69) is 26.6 Å². The van der Waals surface area contributed by atoms with Crippen LogP contribution in [0.1, 0.15) is 12.5 Å². The van der Waals surface area contributed by atoms with Gasteiger partial charge in [-0.15, -0.1) is 0 Å².